The first-order chi connectivity index (χ1) is 11.7. The summed E-state index contributed by atoms with van der Waals surface area (Å²) in [6, 6.07) is 3.57. The van der Waals surface area contributed by atoms with Crippen molar-refractivity contribution in [3.8, 4) is 11.5 Å². The van der Waals surface area contributed by atoms with E-state index in [1.807, 2.05) is 12.1 Å². The molecule has 1 aliphatic heterocycles. The van der Waals surface area contributed by atoms with Crippen LogP contribution in [0.3, 0.4) is 0 Å². The summed E-state index contributed by atoms with van der Waals surface area (Å²) in [6.07, 6.45) is 2.85. The standard InChI is InChI=1S/C17H26ClN3O3/c1-23-14-4-3-13(15(18)16(14)24-2)7-10-20-17(22)21-11-12-5-8-19-9-6-12/h3-4,12,19H,5-11H2,1-2H3,(H2,20,21,22). The molecule has 0 spiro atoms. The van der Waals surface area contributed by atoms with Crippen LogP contribution in [0.4, 0.5) is 4.79 Å². The lowest BCUT2D eigenvalue weighted by Crippen LogP contribution is -2.41. The Labute approximate surface area is 148 Å². The van der Waals surface area contributed by atoms with Crippen LogP contribution >= 0.6 is 11.6 Å². The number of benzene rings is 1. The average molecular weight is 356 g/mol. The van der Waals surface area contributed by atoms with E-state index in [1.165, 1.54) is 0 Å². The number of halogens is 1. The number of methoxy groups -OCH3 is 2. The maximum atomic E-state index is 11.9. The lowest BCUT2D eigenvalue weighted by atomic mass is 9.98. The number of carbonyl (C=O) groups is 1. The normalized spacial score (nSPS) is 15.0. The molecule has 1 aromatic carbocycles. The average Bonchev–Trinajstić information content (AvgIpc) is 2.62. The first-order valence-corrected chi connectivity index (χ1v) is 8.65. The smallest absolute Gasteiger partial charge is 0.314 e. The molecule has 0 unspecified atom stereocenters. The second-order valence-corrected chi connectivity index (χ2v) is 6.23. The van der Waals surface area contributed by atoms with Crippen molar-refractivity contribution in [1.29, 1.82) is 0 Å². The third-order valence-corrected chi connectivity index (χ3v) is 4.67. The molecule has 1 heterocycles. The van der Waals surface area contributed by atoms with Gasteiger partial charge in [0.1, 0.15) is 0 Å². The van der Waals surface area contributed by atoms with Gasteiger partial charge in [-0.1, -0.05) is 17.7 Å². The van der Waals surface area contributed by atoms with E-state index in [9.17, 15) is 4.79 Å². The van der Waals surface area contributed by atoms with Gasteiger partial charge >= 0.3 is 6.03 Å². The highest BCUT2D eigenvalue weighted by molar-refractivity contribution is 6.33. The maximum absolute atomic E-state index is 11.9. The fourth-order valence-corrected chi connectivity index (χ4v) is 3.15. The Balaban J connectivity index is 1.76. The quantitative estimate of drug-likeness (QED) is 0.701. The zero-order chi connectivity index (χ0) is 17.4. The van der Waals surface area contributed by atoms with Crippen LogP contribution in [0.2, 0.25) is 5.02 Å². The highest BCUT2D eigenvalue weighted by atomic mass is 35.5. The van der Waals surface area contributed by atoms with Crippen molar-refractivity contribution in [2.45, 2.75) is 19.3 Å². The molecule has 0 radical (unpaired) electrons. The van der Waals surface area contributed by atoms with Crippen LogP contribution in [0.1, 0.15) is 18.4 Å². The maximum Gasteiger partial charge on any atom is 0.314 e. The van der Waals surface area contributed by atoms with E-state index in [-0.39, 0.29) is 6.03 Å². The minimum absolute atomic E-state index is 0.134. The second-order valence-electron chi connectivity index (χ2n) is 5.85. The minimum Gasteiger partial charge on any atom is -0.493 e. The number of urea groups is 1. The molecule has 7 heteroatoms. The van der Waals surface area contributed by atoms with Crippen LogP contribution in [-0.2, 0) is 6.42 Å². The van der Waals surface area contributed by atoms with Gasteiger partial charge in [0.25, 0.3) is 0 Å². The zero-order valence-corrected chi connectivity index (χ0v) is 15.0. The van der Waals surface area contributed by atoms with Crippen molar-refractivity contribution in [1.82, 2.24) is 16.0 Å². The Morgan fingerprint density at radius 2 is 2.00 bits per heavy atom. The van der Waals surface area contributed by atoms with Crippen molar-refractivity contribution >= 4 is 17.6 Å². The van der Waals surface area contributed by atoms with Crippen molar-refractivity contribution < 1.29 is 14.3 Å². The van der Waals surface area contributed by atoms with E-state index < -0.39 is 0 Å². The van der Waals surface area contributed by atoms with E-state index >= 15 is 0 Å². The fourth-order valence-electron chi connectivity index (χ4n) is 2.82. The van der Waals surface area contributed by atoms with E-state index in [0.717, 1.165) is 38.0 Å². The predicted molar refractivity (Wildman–Crippen MR) is 95.3 cm³/mol. The van der Waals surface area contributed by atoms with Gasteiger partial charge in [-0.15, -0.1) is 0 Å². The molecule has 1 aromatic rings. The first-order valence-electron chi connectivity index (χ1n) is 8.27. The Morgan fingerprint density at radius 1 is 1.25 bits per heavy atom. The molecule has 2 rings (SSSR count). The second kappa shape index (κ2) is 9.59. The molecule has 1 saturated heterocycles. The number of hydrogen-bond donors (Lipinski definition) is 3. The van der Waals surface area contributed by atoms with Crippen molar-refractivity contribution in [2.24, 2.45) is 5.92 Å². The van der Waals surface area contributed by atoms with Crippen LogP contribution < -0.4 is 25.4 Å². The molecule has 2 amide bonds. The summed E-state index contributed by atoms with van der Waals surface area (Å²) >= 11 is 6.33. The Bertz CT molecular complexity index is 548. The van der Waals surface area contributed by atoms with Gasteiger partial charge in [0.15, 0.2) is 11.5 Å². The number of ether oxygens (including phenoxy) is 2. The van der Waals surface area contributed by atoms with Gasteiger partial charge < -0.3 is 25.4 Å². The van der Waals surface area contributed by atoms with Crippen molar-refractivity contribution in [2.75, 3.05) is 40.4 Å². The third-order valence-electron chi connectivity index (χ3n) is 4.25. The fraction of sp³-hybridized carbons (Fsp3) is 0.588. The molecule has 0 aliphatic carbocycles. The summed E-state index contributed by atoms with van der Waals surface area (Å²) in [4.78, 5) is 11.9. The Kier molecular flexibility index (Phi) is 7.46. The molecular weight excluding hydrogens is 330 g/mol. The van der Waals surface area contributed by atoms with Gasteiger partial charge in [0.05, 0.1) is 19.2 Å². The lowest BCUT2D eigenvalue weighted by molar-refractivity contribution is 0.237. The summed E-state index contributed by atoms with van der Waals surface area (Å²) in [5.41, 5.74) is 0.910. The number of amides is 2. The molecule has 3 N–H and O–H groups in total. The monoisotopic (exact) mass is 355 g/mol. The van der Waals surface area contributed by atoms with Gasteiger partial charge in [0, 0.05) is 13.1 Å². The SMILES string of the molecule is COc1ccc(CCNC(=O)NCC2CCNCC2)c(Cl)c1OC. The third kappa shape index (κ3) is 5.18. The number of piperidine rings is 1. The van der Waals surface area contributed by atoms with Gasteiger partial charge in [-0.25, -0.2) is 4.79 Å². The van der Waals surface area contributed by atoms with Gasteiger partial charge in [-0.3, -0.25) is 0 Å². The molecular formula is C17H26ClN3O3. The molecule has 24 heavy (non-hydrogen) atoms. The highest BCUT2D eigenvalue weighted by Crippen LogP contribution is 2.37. The largest absolute Gasteiger partial charge is 0.493 e. The van der Waals surface area contributed by atoms with E-state index in [0.29, 0.717) is 35.4 Å². The lowest BCUT2D eigenvalue weighted by Gasteiger charge is -2.22. The Morgan fingerprint density at radius 3 is 2.67 bits per heavy atom. The predicted octanol–water partition coefficient (Wildman–Crippen LogP) is 2.20. The van der Waals surface area contributed by atoms with E-state index in [4.69, 9.17) is 21.1 Å². The topological polar surface area (TPSA) is 71.6 Å². The summed E-state index contributed by atoms with van der Waals surface area (Å²) in [5, 5.41) is 9.65. The summed E-state index contributed by atoms with van der Waals surface area (Å²) in [7, 11) is 3.13. The molecule has 0 saturated carbocycles. The van der Waals surface area contributed by atoms with Crippen molar-refractivity contribution in [3.05, 3.63) is 22.7 Å². The molecule has 0 aromatic heterocycles. The molecule has 0 bridgehead atoms. The summed E-state index contributed by atoms with van der Waals surface area (Å²) < 4.78 is 10.5. The Hall–Kier alpha value is -1.66. The number of carbonyl (C=O) groups excluding carboxylic acids is 1. The van der Waals surface area contributed by atoms with Crippen LogP contribution in [0.15, 0.2) is 12.1 Å². The molecule has 0 atom stereocenters. The molecule has 6 nitrogen and oxygen atoms in total. The van der Waals surface area contributed by atoms with Crippen molar-refractivity contribution in [3.63, 3.8) is 0 Å². The van der Waals surface area contributed by atoms with E-state index in [2.05, 4.69) is 16.0 Å². The van der Waals surface area contributed by atoms with Gasteiger partial charge in [0.2, 0.25) is 0 Å². The van der Waals surface area contributed by atoms with Crippen LogP contribution in [-0.4, -0.2) is 46.4 Å². The zero-order valence-electron chi connectivity index (χ0n) is 14.3. The minimum atomic E-state index is -0.134. The number of hydrogen-bond acceptors (Lipinski definition) is 4. The molecule has 1 fully saturated rings. The summed E-state index contributed by atoms with van der Waals surface area (Å²) in [6.45, 7) is 3.30. The molecule has 1 aliphatic rings. The van der Waals surface area contributed by atoms with Crippen LogP contribution in [0, 0.1) is 5.92 Å². The first kappa shape index (κ1) is 18.7. The van der Waals surface area contributed by atoms with E-state index in [1.54, 1.807) is 14.2 Å². The van der Waals surface area contributed by atoms with Gasteiger partial charge in [-0.05, 0) is 49.9 Å². The van der Waals surface area contributed by atoms with Crippen LogP contribution in [0.25, 0.3) is 0 Å². The highest BCUT2D eigenvalue weighted by Gasteiger charge is 2.15. The van der Waals surface area contributed by atoms with Gasteiger partial charge in [-0.2, -0.15) is 0 Å². The number of nitrogens with one attached hydrogen (secondary N) is 3. The summed E-state index contributed by atoms with van der Waals surface area (Å²) in [5.74, 6) is 1.68. The van der Waals surface area contributed by atoms with Crippen LogP contribution in [0.5, 0.6) is 11.5 Å². The number of rotatable bonds is 7. The molecule has 134 valence electrons.